The number of para-hydroxylation sites is 1. The van der Waals surface area contributed by atoms with Crippen molar-refractivity contribution < 1.29 is 17.9 Å². The molecule has 5 rings (SSSR count). The van der Waals surface area contributed by atoms with Crippen LogP contribution in [-0.4, -0.2) is 19.1 Å². The fraction of sp³-hybridized carbons (Fsp3) is 0.194. The second-order valence-corrected chi connectivity index (χ2v) is 9.99. The molecule has 0 fully saturated rings. The van der Waals surface area contributed by atoms with Gasteiger partial charge in [-0.25, -0.2) is 4.98 Å². The molecule has 6 nitrogen and oxygen atoms in total. The number of terminal acetylenes is 1. The minimum absolute atomic E-state index is 0.0510. The number of benzene rings is 1. The van der Waals surface area contributed by atoms with Gasteiger partial charge < -0.3 is 13.9 Å². The highest BCUT2D eigenvalue weighted by molar-refractivity contribution is 6.31. The van der Waals surface area contributed by atoms with Crippen molar-refractivity contribution in [2.75, 3.05) is 0 Å². The van der Waals surface area contributed by atoms with Gasteiger partial charge in [0.1, 0.15) is 23.4 Å². The van der Waals surface area contributed by atoms with Gasteiger partial charge in [-0.05, 0) is 56.3 Å². The lowest BCUT2D eigenvalue weighted by atomic mass is 10.0. The average Bonchev–Trinajstić information content (AvgIpc) is 3.28. The Morgan fingerprint density at radius 1 is 1.05 bits per heavy atom. The van der Waals surface area contributed by atoms with Crippen LogP contribution in [0, 0.1) is 26.2 Å². The number of hydrogen-bond acceptors (Lipinski definition) is 4. The summed E-state index contributed by atoms with van der Waals surface area (Å²) in [4.78, 5) is 21.8. The quantitative estimate of drug-likeness (QED) is 0.211. The first-order valence-electron chi connectivity index (χ1n) is 12.6. The number of hydrogen-bond donors (Lipinski definition) is 0. The Balaban J connectivity index is 1.53. The lowest BCUT2D eigenvalue weighted by Gasteiger charge is -2.17. The van der Waals surface area contributed by atoms with E-state index >= 15 is 0 Å². The molecule has 0 aliphatic carbocycles. The van der Waals surface area contributed by atoms with Crippen molar-refractivity contribution in [1.82, 2.24) is 19.1 Å². The number of nitrogens with zero attached hydrogens (tertiary/aromatic N) is 4. The smallest absolute Gasteiger partial charge is 0.421 e. The Kier molecular flexibility index (Phi) is 7.37. The molecule has 0 bridgehead atoms. The zero-order valence-electron chi connectivity index (χ0n) is 22.4. The van der Waals surface area contributed by atoms with Gasteiger partial charge in [-0.2, -0.15) is 13.2 Å². The molecule has 0 atom stereocenters. The van der Waals surface area contributed by atoms with E-state index in [1.165, 1.54) is 12.3 Å². The summed E-state index contributed by atoms with van der Waals surface area (Å²) in [6.45, 7) is 3.33. The molecule has 5 aromatic rings. The third-order valence-corrected chi connectivity index (χ3v) is 7.11. The van der Waals surface area contributed by atoms with Crippen LogP contribution in [0.1, 0.15) is 33.9 Å². The van der Waals surface area contributed by atoms with Crippen LogP contribution in [0.15, 0.2) is 65.6 Å². The van der Waals surface area contributed by atoms with E-state index in [1.54, 1.807) is 19.1 Å². The van der Waals surface area contributed by atoms with Gasteiger partial charge in [0.05, 0.1) is 23.0 Å². The molecule has 10 heteroatoms. The highest BCUT2D eigenvalue weighted by Crippen LogP contribution is 2.35. The van der Waals surface area contributed by atoms with Crippen molar-refractivity contribution in [2.45, 2.75) is 33.2 Å². The van der Waals surface area contributed by atoms with Gasteiger partial charge in [-0.15, -0.1) is 6.42 Å². The maximum absolute atomic E-state index is 13.3. The first kappa shape index (κ1) is 28.0. The van der Waals surface area contributed by atoms with Crippen molar-refractivity contribution >= 4 is 22.5 Å². The van der Waals surface area contributed by atoms with Crippen LogP contribution in [0.4, 0.5) is 13.2 Å². The molecule has 4 heterocycles. The minimum atomic E-state index is -4.77. The van der Waals surface area contributed by atoms with E-state index in [4.69, 9.17) is 27.7 Å². The molecule has 208 valence electrons. The summed E-state index contributed by atoms with van der Waals surface area (Å²) in [6.07, 6.45) is 2.14. The predicted molar refractivity (Wildman–Crippen MR) is 152 cm³/mol. The van der Waals surface area contributed by atoms with Gasteiger partial charge in [-0.3, -0.25) is 9.78 Å². The molecule has 0 aliphatic heterocycles. The molecule has 0 N–H and O–H groups in total. The summed E-state index contributed by atoms with van der Waals surface area (Å²) in [7, 11) is 1.90. The highest BCUT2D eigenvalue weighted by atomic mass is 35.5. The van der Waals surface area contributed by atoms with Crippen LogP contribution in [-0.2, 0) is 26.4 Å². The van der Waals surface area contributed by atoms with E-state index in [1.807, 2.05) is 48.9 Å². The van der Waals surface area contributed by atoms with Crippen LogP contribution in [0.2, 0.25) is 5.02 Å². The van der Waals surface area contributed by atoms with Gasteiger partial charge in [-0.1, -0.05) is 29.7 Å². The summed E-state index contributed by atoms with van der Waals surface area (Å²) < 4.78 is 49.1. The lowest BCUT2D eigenvalue weighted by molar-refractivity contribution is -0.138. The summed E-state index contributed by atoms with van der Waals surface area (Å²) in [5, 5.41) is 1.17. The molecule has 0 saturated heterocycles. The van der Waals surface area contributed by atoms with Crippen molar-refractivity contribution in [3.05, 3.63) is 110 Å². The molecule has 0 saturated carbocycles. The number of rotatable bonds is 6. The number of aryl methyl sites for hydroxylation is 2. The van der Waals surface area contributed by atoms with E-state index < -0.39 is 17.3 Å². The molecule has 1 aromatic carbocycles. The number of alkyl halides is 3. The third kappa shape index (κ3) is 5.43. The fourth-order valence-electron chi connectivity index (χ4n) is 4.80. The van der Waals surface area contributed by atoms with E-state index in [0.29, 0.717) is 33.2 Å². The van der Waals surface area contributed by atoms with E-state index in [2.05, 4.69) is 10.9 Å². The second kappa shape index (κ2) is 10.8. The molecule has 0 spiro atoms. The lowest BCUT2D eigenvalue weighted by Crippen LogP contribution is -2.29. The Hall–Kier alpha value is -4.55. The monoisotopic (exact) mass is 576 g/mol. The molecule has 41 heavy (non-hydrogen) atoms. The Morgan fingerprint density at radius 2 is 1.80 bits per heavy atom. The Morgan fingerprint density at radius 3 is 2.51 bits per heavy atom. The van der Waals surface area contributed by atoms with Crippen molar-refractivity contribution in [3.8, 4) is 29.4 Å². The first-order valence-corrected chi connectivity index (χ1v) is 12.9. The number of fused-ring (bicyclic) bond motifs is 1. The summed E-state index contributed by atoms with van der Waals surface area (Å²) in [5.41, 5.74) is 2.90. The Bertz CT molecular complexity index is 1900. The van der Waals surface area contributed by atoms with Crippen molar-refractivity contribution in [3.63, 3.8) is 0 Å². The number of aromatic nitrogens is 4. The largest absolute Gasteiger partial charge is 0.486 e. The van der Waals surface area contributed by atoms with Gasteiger partial charge in [0, 0.05) is 46.8 Å². The van der Waals surface area contributed by atoms with Crippen molar-refractivity contribution in [1.29, 1.82) is 0 Å². The number of ether oxygens (including phenoxy) is 1. The van der Waals surface area contributed by atoms with Gasteiger partial charge in [0.25, 0.3) is 5.56 Å². The van der Waals surface area contributed by atoms with Gasteiger partial charge in [0.15, 0.2) is 0 Å². The standard InChI is InChI=1S/C31H24ClF3N4O2/c1-5-20-11-12-27(38(20)4)22-14-18(2)37-29-21(22)8-6-10-28(29)41-17-23-25(32)15-19(3)36-26(23)16-39-13-7-9-24(30(39)40)31(33,34)35/h1,6-15H,16-17H2,2-4H3. The van der Waals surface area contributed by atoms with Gasteiger partial charge in [0.2, 0.25) is 0 Å². The fourth-order valence-corrected chi connectivity index (χ4v) is 5.12. The van der Waals surface area contributed by atoms with Gasteiger partial charge >= 0.3 is 6.18 Å². The van der Waals surface area contributed by atoms with Crippen LogP contribution in [0.3, 0.4) is 0 Å². The van der Waals surface area contributed by atoms with E-state index in [0.717, 1.165) is 38.7 Å². The number of pyridine rings is 3. The predicted octanol–water partition coefficient (Wildman–Crippen LogP) is 6.69. The molecular formula is C31H24ClF3N4O2. The van der Waals surface area contributed by atoms with E-state index in [-0.39, 0.29) is 13.2 Å². The Labute approximate surface area is 239 Å². The summed E-state index contributed by atoms with van der Waals surface area (Å²) >= 11 is 6.57. The third-order valence-electron chi connectivity index (χ3n) is 6.78. The molecular weight excluding hydrogens is 553 g/mol. The average molecular weight is 577 g/mol. The topological polar surface area (TPSA) is 61.9 Å². The maximum atomic E-state index is 13.3. The maximum Gasteiger partial charge on any atom is 0.421 e. The van der Waals surface area contributed by atoms with Crippen molar-refractivity contribution in [2.24, 2.45) is 7.05 Å². The second-order valence-electron chi connectivity index (χ2n) is 9.58. The summed E-state index contributed by atoms with van der Waals surface area (Å²) in [6, 6.07) is 15.0. The SMILES string of the molecule is C#Cc1ccc(-c2cc(C)nc3c(OCc4c(Cl)cc(C)nc4Cn4cccc(C(F)(F)F)c4=O)cccc23)n1C. The van der Waals surface area contributed by atoms with E-state index in [9.17, 15) is 18.0 Å². The normalized spacial score (nSPS) is 11.6. The van der Waals surface area contributed by atoms with Crippen LogP contribution in [0.25, 0.3) is 22.2 Å². The van der Waals surface area contributed by atoms with Crippen LogP contribution < -0.4 is 10.3 Å². The summed E-state index contributed by atoms with van der Waals surface area (Å²) in [5.74, 6) is 3.15. The molecule has 4 aromatic heterocycles. The number of halogens is 4. The highest BCUT2D eigenvalue weighted by Gasteiger charge is 2.34. The first-order chi connectivity index (χ1) is 19.5. The minimum Gasteiger partial charge on any atom is -0.486 e. The zero-order chi connectivity index (χ0) is 29.5. The van der Waals surface area contributed by atoms with Crippen LogP contribution in [0.5, 0.6) is 5.75 Å². The molecule has 0 amide bonds. The van der Waals surface area contributed by atoms with Crippen LogP contribution >= 0.6 is 11.6 Å². The molecule has 0 aliphatic rings. The zero-order valence-corrected chi connectivity index (χ0v) is 23.1. The molecule has 0 unspecified atom stereocenters. The molecule has 0 radical (unpaired) electrons.